The van der Waals surface area contributed by atoms with Crippen LogP contribution in [0.15, 0.2) is 26.0 Å². The van der Waals surface area contributed by atoms with Crippen molar-refractivity contribution in [2.75, 3.05) is 12.3 Å². The van der Waals surface area contributed by atoms with Crippen LogP contribution in [0.2, 0.25) is 0 Å². The van der Waals surface area contributed by atoms with Gasteiger partial charge in [0.05, 0.1) is 0 Å². The summed E-state index contributed by atoms with van der Waals surface area (Å²) < 4.78 is 27.3. The molecule has 19 heavy (non-hydrogen) atoms. The second-order valence-electron chi connectivity index (χ2n) is 3.78. The summed E-state index contributed by atoms with van der Waals surface area (Å²) in [7, 11) is -3.69. The maximum absolute atomic E-state index is 12.1. The van der Waals surface area contributed by atoms with Gasteiger partial charge in [0.15, 0.2) is 0 Å². The first-order valence-corrected chi connectivity index (χ1v) is 8.33. The predicted molar refractivity (Wildman–Crippen MR) is 79.9 cm³/mol. The number of benzene rings is 1. The Labute approximate surface area is 128 Å². The van der Waals surface area contributed by atoms with E-state index in [2.05, 4.69) is 36.6 Å². The minimum atomic E-state index is -3.69. The summed E-state index contributed by atoms with van der Waals surface area (Å²) in [5.41, 5.74) is 11.0. The molecule has 1 amide bonds. The lowest BCUT2D eigenvalue weighted by molar-refractivity contribution is -0.118. The largest absolute Gasteiger partial charge is 0.399 e. The zero-order chi connectivity index (χ0) is 14.6. The van der Waals surface area contributed by atoms with Gasteiger partial charge in [-0.15, -0.1) is 0 Å². The van der Waals surface area contributed by atoms with Gasteiger partial charge in [0.25, 0.3) is 0 Å². The summed E-state index contributed by atoms with van der Waals surface area (Å²) >= 11 is 6.33. The standard InChI is InChI=1S/C10H13Br2N3O3S/c11-7-4-6(13)5-8(12)10(7)19(17,18)15-3-1-2-9(14)16/h4-5,15H,1-3,13H2,(H2,14,16). The van der Waals surface area contributed by atoms with E-state index in [1.165, 1.54) is 12.1 Å². The highest BCUT2D eigenvalue weighted by Crippen LogP contribution is 2.32. The van der Waals surface area contributed by atoms with Gasteiger partial charge in [-0.2, -0.15) is 0 Å². The minimum Gasteiger partial charge on any atom is -0.399 e. The summed E-state index contributed by atoms with van der Waals surface area (Å²) in [5.74, 6) is -0.464. The van der Waals surface area contributed by atoms with E-state index in [1.807, 2.05) is 0 Å². The van der Waals surface area contributed by atoms with Crippen molar-refractivity contribution in [2.45, 2.75) is 17.7 Å². The highest BCUT2D eigenvalue weighted by atomic mass is 79.9. The Bertz CT molecular complexity index is 567. The number of primary amides is 1. The van der Waals surface area contributed by atoms with Crippen LogP contribution >= 0.6 is 31.9 Å². The van der Waals surface area contributed by atoms with Gasteiger partial charge in [0, 0.05) is 27.6 Å². The van der Waals surface area contributed by atoms with E-state index in [0.29, 0.717) is 21.1 Å². The van der Waals surface area contributed by atoms with Crippen LogP contribution in [0, 0.1) is 0 Å². The maximum atomic E-state index is 12.1. The van der Waals surface area contributed by atoms with Crippen molar-refractivity contribution in [3.8, 4) is 0 Å². The number of sulfonamides is 1. The van der Waals surface area contributed by atoms with Crippen LogP contribution in [0.1, 0.15) is 12.8 Å². The van der Waals surface area contributed by atoms with Crippen molar-refractivity contribution < 1.29 is 13.2 Å². The Kier molecular flexibility index (Phi) is 5.78. The molecule has 1 rings (SSSR count). The molecular formula is C10H13Br2N3O3S. The van der Waals surface area contributed by atoms with Crippen LogP contribution in [0.25, 0.3) is 0 Å². The van der Waals surface area contributed by atoms with Gasteiger partial charge in [0.1, 0.15) is 4.90 Å². The number of nitrogens with one attached hydrogen (secondary N) is 1. The molecule has 0 bridgehead atoms. The number of hydrogen-bond donors (Lipinski definition) is 3. The zero-order valence-corrected chi connectivity index (χ0v) is 13.8. The molecule has 0 aliphatic heterocycles. The van der Waals surface area contributed by atoms with Crippen LogP contribution < -0.4 is 16.2 Å². The van der Waals surface area contributed by atoms with Crippen molar-refractivity contribution >= 4 is 53.5 Å². The average molecular weight is 415 g/mol. The van der Waals surface area contributed by atoms with Crippen molar-refractivity contribution in [2.24, 2.45) is 5.73 Å². The number of nitrogen functional groups attached to an aromatic ring is 1. The zero-order valence-electron chi connectivity index (χ0n) is 9.82. The van der Waals surface area contributed by atoms with Crippen molar-refractivity contribution in [3.05, 3.63) is 21.1 Å². The topological polar surface area (TPSA) is 115 Å². The summed E-state index contributed by atoms with van der Waals surface area (Å²) in [5, 5.41) is 0. The van der Waals surface area contributed by atoms with Gasteiger partial charge in [-0.05, 0) is 50.4 Å². The van der Waals surface area contributed by atoms with Crippen LogP contribution in [0.4, 0.5) is 5.69 Å². The Balaban J connectivity index is 2.86. The molecule has 0 aromatic heterocycles. The Morgan fingerprint density at radius 2 is 1.79 bits per heavy atom. The lowest BCUT2D eigenvalue weighted by atomic mass is 10.3. The lowest BCUT2D eigenvalue weighted by Crippen LogP contribution is -2.26. The van der Waals surface area contributed by atoms with E-state index in [-0.39, 0.29) is 17.9 Å². The molecule has 0 saturated heterocycles. The molecule has 0 radical (unpaired) electrons. The molecule has 0 heterocycles. The molecular weight excluding hydrogens is 402 g/mol. The molecule has 1 aromatic carbocycles. The SMILES string of the molecule is NC(=O)CCCNS(=O)(=O)c1c(Br)cc(N)cc1Br. The third-order valence-corrected chi connectivity index (χ3v) is 5.52. The monoisotopic (exact) mass is 413 g/mol. The van der Waals surface area contributed by atoms with Crippen LogP contribution in [0.3, 0.4) is 0 Å². The third-order valence-electron chi connectivity index (χ3n) is 2.18. The van der Waals surface area contributed by atoms with E-state index in [0.717, 1.165) is 0 Å². The van der Waals surface area contributed by atoms with E-state index in [4.69, 9.17) is 11.5 Å². The van der Waals surface area contributed by atoms with Crippen molar-refractivity contribution in [1.82, 2.24) is 4.72 Å². The van der Waals surface area contributed by atoms with Gasteiger partial charge in [-0.1, -0.05) is 0 Å². The van der Waals surface area contributed by atoms with Crippen LogP contribution in [-0.4, -0.2) is 20.9 Å². The molecule has 5 N–H and O–H groups in total. The number of carbonyl (C=O) groups is 1. The van der Waals surface area contributed by atoms with Gasteiger partial charge in [-0.3, -0.25) is 4.79 Å². The first kappa shape index (κ1) is 16.4. The third kappa shape index (κ3) is 4.75. The van der Waals surface area contributed by atoms with Gasteiger partial charge in [0.2, 0.25) is 15.9 Å². The molecule has 9 heteroatoms. The fourth-order valence-corrected chi connectivity index (χ4v) is 5.07. The second-order valence-corrected chi connectivity index (χ2v) is 7.19. The van der Waals surface area contributed by atoms with Crippen LogP contribution in [-0.2, 0) is 14.8 Å². The van der Waals surface area contributed by atoms with Crippen molar-refractivity contribution in [1.29, 1.82) is 0 Å². The fourth-order valence-electron chi connectivity index (χ4n) is 1.38. The number of nitrogens with two attached hydrogens (primary N) is 2. The highest BCUT2D eigenvalue weighted by molar-refractivity contribution is 9.11. The maximum Gasteiger partial charge on any atom is 0.242 e. The molecule has 0 saturated carbocycles. The number of carbonyl (C=O) groups excluding carboxylic acids is 1. The van der Waals surface area contributed by atoms with Gasteiger partial charge in [-0.25, -0.2) is 13.1 Å². The van der Waals surface area contributed by atoms with E-state index in [1.54, 1.807) is 0 Å². The summed E-state index contributed by atoms with van der Waals surface area (Å²) in [6, 6.07) is 3.01. The quantitative estimate of drug-likeness (QED) is 0.481. The van der Waals surface area contributed by atoms with Gasteiger partial charge < -0.3 is 11.5 Å². The predicted octanol–water partition coefficient (Wildman–Crippen LogP) is 1.34. The highest BCUT2D eigenvalue weighted by Gasteiger charge is 2.21. The Hall–Kier alpha value is -0.640. The first-order valence-electron chi connectivity index (χ1n) is 5.26. The first-order chi connectivity index (χ1) is 8.74. The molecule has 0 aliphatic carbocycles. The molecule has 0 unspecified atom stereocenters. The number of amides is 1. The Morgan fingerprint density at radius 1 is 1.26 bits per heavy atom. The number of hydrogen-bond acceptors (Lipinski definition) is 4. The normalized spacial score (nSPS) is 11.5. The second kappa shape index (κ2) is 6.69. The molecule has 0 aliphatic rings. The average Bonchev–Trinajstić information content (AvgIpc) is 2.22. The molecule has 1 aromatic rings. The summed E-state index contributed by atoms with van der Waals surface area (Å²) in [6.45, 7) is 0.133. The molecule has 106 valence electrons. The van der Waals surface area contributed by atoms with Crippen LogP contribution in [0.5, 0.6) is 0 Å². The van der Waals surface area contributed by atoms with E-state index in [9.17, 15) is 13.2 Å². The number of anilines is 1. The smallest absolute Gasteiger partial charge is 0.242 e. The molecule has 6 nitrogen and oxygen atoms in total. The van der Waals surface area contributed by atoms with Gasteiger partial charge >= 0.3 is 0 Å². The molecule has 0 atom stereocenters. The van der Waals surface area contributed by atoms with E-state index >= 15 is 0 Å². The number of halogens is 2. The lowest BCUT2D eigenvalue weighted by Gasteiger charge is -2.11. The Morgan fingerprint density at radius 3 is 2.26 bits per heavy atom. The number of rotatable bonds is 6. The summed E-state index contributed by atoms with van der Waals surface area (Å²) in [4.78, 5) is 10.6. The van der Waals surface area contributed by atoms with E-state index < -0.39 is 15.9 Å². The molecule has 0 spiro atoms. The molecule has 0 fully saturated rings. The minimum absolute atomic E-state index is 0.0702. The summed E-state index contributed by atoms with van der Waals surface area (Å²) in [6.07, 6.45) is 0.478. The van der Waals surface area contributed by atoms with Crippen molar-refractivity contribution in [3.63, 3.8) is 0 Å². The fraction of sp³-hybridized carbons (Fsp3) is 0.300.